The lowest BCUT2D eigenvalue weighted by Gasteiger charge is -1.93. The third-order valence-electron chi connectivity index (χ3n) is 1.47. The second kappa shape index (κ2) is 5.10. The Bertz CT molecular complexity index is 393. The minimum Gasteiger partial charge on any atom is -0.395 e. The highest BCUT2D eigenvalue weighted by Crippen LogP contribution is 2.04. The molecule has 0 aliphatic carbocycles. The van der Waals surface area contributed by atoms with Crippen molar-refractivity contribution >= 4 is 6.29 Å². The molecule has 0 fully saturated rings. The Morgan fingerprint density at radius 2 is 2.43 bits per heavy atom. The van der Waals surface area contributed by atoms with Gasteiger partial charge in [0.15, 0.2) is 12.1 Å². The first-order valence-corrected chi connectivity index (χ1v) is 3.98. The van der Waals surface area contributed by atoms with Crippen LogP contribution in [-0.4, -0.2) is 23.0 Å². The van der Waals surface area contributed by atoms with Gasteiger partial charge in [0.2, 0.25) is 0 Å². The van der Waals surface area contributed by atoms with Crippen molar-refractivity contribution in [1.82, 2.24) is 4.98 Å². The molecule has 0 unspecified atom stereocenters. The first kappa shape index (κ1) is 10.4. The van der Waals surface area contributed by atoms with Crippen molar-refractivity contribution in [3.8, 4) is 11.8 Å². The van der Waals surface area contributed by atoms with Crippen LogP contribution in [-0.2, 0) is 0 Å². The quantitative estimate of drug-likeness (QED) is 0.557. The van der Waals surface area contributed by atoms with Crippen LogP contribution < -0.4 is 0 Å². The zero-order valence-corrected chi connectivity index (χ0v) is 7.33. The molecule has 1 rings (SSSR count). The Balaban J connectivity index is 2.91. The monoisotopic (exact) mass is 193 g/mol. The number of aliphatic hydroxyl groups is 1. The third-order valence-corrected chi connectivity index (χ3v) is 1.47. The molecule has 3 nitrogen and oxygen atoms in total. The van der Waals surface area contributed by atoms with E-state index in [0.29, 0.717) is 18.4 Å². The number of aromatic nitrogens is 1. The van der Waals surface area contributed by atoms with Crippen LogP contribution in [0.5, 0.6) is 0 Å². The van der Waals surface area contributed by atoms with Gasteiger partial charge in [0.25, 0.3) is 0 Å². The molecule has 0 saturated carbocycles. The van der Waals surface area contributed by atoms with Crippen molar-refractivity contribution in [2.45, 2.75) is 6.42 Å². The van der Waals surface area contributed by atoms with Gasteiger partial charge >= 0.3 is 0 Å². The Morgan fingerprint density at radius 3 is 3.07 bits per heavy atom. The summed E-state index contributed by atoms with van der Waals surface area (Å²) in [6.45, 7) is -0.0330. The fourth-order valence-electron chi connectivity index (χ4n) is 0.822. The molecule has 0 radical (unpaired) electrons. The van der Waals surface area contributed by atoms with E-state index in [1.54, 1.807) is 0 Å². The Hall–Kier alpha value is -1.73. The van der Waals surface area contributed by atoms with E-state index < -0.39 is 5.82 Å². The number of carbonyl (C=O) groups excluding carboxylic acids is 1. The first-order valence-electron chi connectivity index (χ1n) is 3.98. The lowest BCUT2D eigenvalue weighted by Crippen LogP contribution is -1.92. The molecule has 0 aromatic carbocycles. The van der Waals surface area contributed by atoms with Crippen LogP contribution >= 0.6 is 0 Å². The average Bonchev–Trinajstić information content (AvgIpc) is 2.21. The SMILES string of the molecule is O=Cc1cc(C#CCCO)ncc1F. The lowest BCUT2D eigenvalue weighted by atomic mass is 10.2. The molecule has 0 bridgehead atoms. The Labute approximate surface area is 80.6 Å². The molecule has 14 heavy (non-hydrogen) atoms. The van der Waals surface area contributed by atoms with Gasteiger partial charge in [0, 0.05) is 6.42 Å². The summed E-state index contributed by atoms with van der Waals surface area (Å²) in [5.74, 6) is 4.56. The summed E-state index contributed by atoms with van der Waals surface area (Å²) in [5.41, 5.74) is 0.259. The Kier molecular flexibility index (Phi) is 3.77. The maximum atomic E-state index is 12.8. The topological polar surface area (TPSA) is 50.2 Å². The smallest absolute Gasteiger partial charge is 0.153 e. The zero-order chi connectivity index (χ0) is 10.4. The summed E-state index contributed by atoms with van der Waals surface area (Å²) in [5, 5.41) is 8.45. The number of hydrogen-bond donors (Lipinski definition) is 1. The number of aldehydes is 1. The predicted octanol–water partition coefficient (Wildman–Crippen LogP) is 0.767. The Morgan fingerprint density at radius 1 is 1.64 bits per heavy atom. The van der Waals surface area contributed by atoms with Crippen molar-refractivity contribution < 1.29 is 14.3 Å². The summed E-state index contributed by atoms with van der Waals surface area (Å²) in [6.07, 6.45) is 1.69. The van der Waals surface area contributed by atoms with Crippen molar-refractivity contribution in [2.75, 3.05) is 6.61 Å². The minimum absolute atomic E-state index is 0.0330. The van der Waals surface area contributed by atoms with Gasteiger partial charge in [-0.3, -0.25) is 4.79 Å². The van der Waals surface area contributed by atoms with E-state index in [-0.39, 0.29) is 12.2 Å². The fraction of sp³-hybridized carbons (Fsp3) is 0.200. The molecule has 1 aromatic heterocycles. The molecule has 0 aliphatic rings. The molecule has 0 saturated heterocycles. The summed E-state index contributed by atoms with van der Waals surface area (Å²) in [4.78, 5) is 14.0. The zero-order valence-electron chi connectivity index (χ0n) is 7.33. The number of pyridine rings is 1. The minimum atomic E-state index is -0.660. The summed E-state index contributed by atoms with van der Waals surface area (Å²) < 4.78 is 12.8. The highest BCUT2D eigenvalue weighted by Gasteiger charge is 2.01. The lowest BCUT2D eigenvalue weighted by molar-refractivity contribution is 0.111. The van der Waals surface area contributed by atoms with Gasteiger partial charge in [-0.05, 0) is 12.0 Å². The molecule has 0 spiro atoms. The van der Waals surface area contributed by atoms with Gasteiger partial charge in [-0.15, -0.1) is 0 Å². The number of nitrogens with zero attached hydrogens (tertiary/aromatic N) is 1. The second-order valence-electron chi connectivity index (χ2n) is 2.48. The fourth-order valence-corrected chi connectivity index (χ4v) is 0.822. The molecular weight excluding hydrogens is 185 g/mol. The highest BCUT2D eigenvalue weighted by molar-refractivity contribution is 5.75. The van der Waals surface area contributed by atoms with E-state index >= 15 is 0 Å². The molecule has 0 aliphatic heterocycles. The number of aliphatic hydroxyl groups excluding tert-OH is 1. The summed E-state index contributed by atoms with van der Waals surface area (Å²) in [6, 6.07) is 1.27. The molecule has 1 N–H and O–H groups in total. The maximum absolute atomic E-state index is 12.8. The van der Waals surface area contributed by atoms with E-state index in [1.807, 2.05) is 0 Å². The number of rotatable bonds is 2. The highest BCUT2D eigenvalue weighted by atomic mass is 19.1. The molecule has 1 heterocycles. The molecule has 1 aromatic rings. The molecule has 4 heteroatoms. The van der Waals surface area contributed by atoms with E-state index in [0.717, 1.165) is 6.20 Å². The summed E-state index contributed by atoms with van der Waals surface area (Å²) in [7, 11) is 0. The van der Waals surface area contributed by atoms with Gasteiger partial charge in [-0.25, -0.2) is 9.37 Å². The molecule has 72 valence electrons. The van der Waals surface area contributed by atoms with Gasteiger partial charge in [0.05, 0.1) is 18.4 Å². The van der Waals surface area contributed by atoms with Crippen LogP contribution in [0.3, 0.4) is 0 Å². The first-order chi connectivity index (χ1) is 6.77. The van der Waals surface area contributed by atoms with Crippen molar-refractivity contribution in [3.05, 3.63) is 29.3 Å². The third kappa shape index (κ3) is 2.64. The standard InChI is InChI=1S/C10H8FNO2/c11-10-6-12-9(3-1-2-4-13)5-8(10)7-14/h5-7,13H,2,4H2. The second-order valence-corrected chi connectivity index (χ2v) is 2.48. The van der Waals surface area contributed by atoms with Crippen LogP contribution in [0.2, 0.25) is 0 Å². The largest absolute Gasteiger partial charge is 0.395 e. The maximum Gasteiger partial charge on any atom is 0.153 e. The van der Waals surface area contributed by atoms with E-state index in [4.69, 9.17) is 5.11 Å². The average molecular weight is 193 g/mol. The molecule has 0 atom stereocenters. The van der Waals surface area contributed by atoms with Crippen molar-refractivity contribution in [2.24, 2.45) is 0 Å². The van der Waals surface area contributed by atoms with Crippen LogP contribution in [0, 0.1) is 17.7 Å². The number of hydrogen-bond acceptors (Lipinski definition) is 3. The predicted molar refractivity (Wildman–Crippen MR) is 48.2 cm³/mol. The van der Waals surface area contributed by atoms with Gasteiger partial charge < -0.3 is 5.11 Å². The van der Waals surface area contributed by atoms with Gasteiger partial charge in [-0.2, -0.15) is 0 Å². The number of halogens is 1. The van der Waals surface area contributed by atoms with Crippen LogP contribution in [0.4, 0.5) is 4.39 Å². The van der Waals surface area contributed by atoms with Gasteiger partial charge in [0.1, 0.15) is 5.69 Å². The normalized spacial score (nSPS) is 9.00. The van der Waals surface area contributed by atoms with E-state index in [9.17, 15) is 9.18 Å². The van der Waals surface area contributed by atoms with Crippen molar-refractivity contribution in [3.63, 3.8) is 0 Å². The van der Waals surface area contributed by atoms with E-state index in [1.165, 1.54) is 6.07 Å². The molecule has 0 amide bonds. The summed E-state index contributed by atoms with van der Waals surface area (Å²) >= 11 is 0. The van der Waals surface area contributed by atoms with Crippen LogP contribution in [0.25, 0.3) is 0 Å². The van der Waals surface area contributed by atoms with E-state index in [2.05, 4.69) is 16.8 Å². The van der Waals surface area contributed by atoms with Gasteiger partial charge in [-0.1, -0.05) is 5.92 Å². The van der Waals surface area contributed by atoms with Crippen LogP contribution in [0.15, 0.2) is 12.3 Å². The number of carbonyl (C=O) groups is 1. The van der Waals surface area contributed by atoms with Crippen LogP contribution in [0.1, 0.15) is 22.5 Å². The molecular formula is C10H8FNO2. The van der Waals surface area contributed by atoms with Crippen molar-refractivity contribution in [1.29, 1.82) is 0 Å².